The molecule has 0 fully saturated rings. The lowest BCUT2D eigenvalue weighted by Crippen LogP contribution is -2.30. The van der Waals surface area contributed by atoms with Crippen molar-refractivity contribution in [3.05, 3.63) is 59.2 Å². The van der Waals surface area contributed by atoms with Crippen LogP contribution in [0.2, 0.25) is 0 Å². The fraction of sp³-hybridized carbons (Fsp3) is 0.381. The number of hydrogen-bond donors (Lipinski definition) is 1. The van der Waals surface area contributed by atoms with Crippen molar-refractivity contribution >= 4 is 5.91 Å². The van der Waals surface area contributed by atoms with Crippen LogP contribution >= 0.6 is 0 Å². The van der Waals surface area contributed by atoms with E-state index in [1.807, 2.05) is 32.0 Å². The zero-order valence-electron chi connectivity index (χ0n) is 16.6. The monoisotopic (exact) mass is 421 g/mol. The summed E-state index contributed by atoms with van der Waals surface area (Å²) in [7, 11) is 0. The molecule has 0 radical (unpaired) electrons. The second-order valence-corrected chi connectivity index (χ2v) is 6.60. The summed E-state index contributed by atoms with van der Waals surface area (Å²) in [4.78, 5) is 12.3. The lowest BCUT2D eigenvalue weighted by Gasteiger charge is -2.15. The van der Waals surface area contributed by atoms with E-state index in [0.717, 1.165) is 5.56 Å². The van der Waals surface area contributed by atoms with Gasteiger partial charge in [-0.2, -0.15) is 13.2 Å². The number of ether oxygens (including phenoxy) is 2. The van der Waals surface area contributed by atoms with E-state index in [4.69, 9.17) is 9.47 Å². The Labute approximate surface area is 172 Å². The first-order valence-corrected chi connectivity index (χ1v) is 9.58. The molecule has 0 atom stereocenters. The van der Waals surface area contributed by atoms with Crippen molar-refractivity contribution in [2.45, 2.75) is 32.1 Å². The van der Waals surface area contributed by atoms with E-state index >= 15 is 0 Å². The Morgan fingerprint density at radius 3 is 2.20 bits per heavy atom. The van der Waals surface area contributed by atoms with Crippen LogP contribution in [-0.4, -0.2) is 31.8 Å². The van der Waals surface area contributed by atoms with Gasteiger partial charge in [-0.05, 0) is 50.1 Å². The predicted molar refractivity (Wildman–Crippen MR) is 104 cm³/mol. The maximum Gasteiger partial charge on any atom is 0.442 e. The Morgan fingerprint density at radius 2 is 1.63 bits per heavy atom. The van der Waals surface area contributed by atoms with E-state index in [-0.39, 0.29) is 17.0 Å². The largest absolute Gasteiger partial charge is 0.490 e. The third kappa shape index (κ3) is 4.55. The molecule has 0 bridgehead atoms. The third-order valence-corrected chi connectivity index (χ3v) is 4.55. The number of halogens is 3. The molecule has 0 saturated heterocycles. The second-order valence-electron chi connectivity index (χ2n) is 6.60. The summed E-state index contributed by atoms with van der Waals surface area (Å²) in [6, 6.07) is 10.7. The van der Waals surface area contributed by atoms with E-state index in [9.17, 15) is 18.0 Å². The van der Waals surface area contributed by atoms with Crippen LogP contribution in [0.25, 0.3) is 0 Å². The van der Waals surface area contributed by atoms with Gasteiger partial charge in [-0.15, -0.1) is 10.2 Å². The average Bonchev–Trinajstić information content (AvgIpc) is 3.52. The summed E-state index contributed by atoms with van der Waals surface area (Å²) in [6.45, 7) is 5.17. The standard InChI is InChI=1S/C21H22F3N3O3/c1-3-29-17-10-5-14(13-18(17)30-4-2)11-12-25-19(28)15-6-8-16(9-7-15)20(26-27-20)21(22,23)24/h5-10,13H,3-4,11-12H2,1-2H3,(H,25,28). The van der Waals surface area contributed by atoms with E-state index < -0.39 is 11.8 Å². The Balaban J connectivity index is 1.57. The van der Waals surface area contributed by atoms with Crippen molar-refractivity contribution < 1.29 is 27.4 Å². The molecule has 0 unspecified atom stereocenters. The van der Waals surface area contributed by atoms with Crippen LogP contribution in [-0.2, 0) is 12.1 Å². The topological polar surface area (TPSA) is 72.3 Å². The van der Waals surface area contributed by atoms with Crippen LogP contribution in [0, 0.1) is 0 Å². The molecule has 1 heterocycles. The molecule has 0 saturated carbocycles. The molecule has 3 rings (SSSR count). The molecule has 30 heavy (non-hydrogen) atoms. The molecule has 1 aliphatic heterocycles. The summed E-state index contributed by atoms with van der Waals surface area (Å²) in [5.74, 6) is 0.939. The van der Waals surface area contributed by atoms with Crippen molar-refractivity contribution in [2.75, 3.05) is 19.8 Å². The van der Waals surface area contributed by atoms with Gasteiger partial charge in [0.1, 0.15) is 0 Å². The number of carbonyl (C=O) groups excluding carboxylic acids is 1. The maximum atomic E-state index is 13.0. The van der Waals surface area contributed by atoms with Gasteiger partial charge in [-0.3, -0.25) is 4.79 Å². The molecular weight excluding hydrogens is 399 g/mol. The highest BCUT2D eigenvalue weighted by Gasteiger charge is 2.65. The van der Waals surface area contributed by atoms with Crippen LogP contribution in [0.5, 0.6) is 11.5 Å². The van der Waals surface area contributed by atoms with Gasteiger partial charge in [0.2, 0.25) is 0 Å². The van der Waals surface area contributed by atoms with Crippen molar-refractivity contribution in [2.24, 2.45) is 10.2 Å². The summed E-state index contributed by atoms with van der Waals surface area (Å²) in [5.41, 5.74) is -1.36. The van der Waals surface area contributed by atoms with Gasteiger partial charge in [-0.25, -0.2) is 0 Å². The summed E-state index contributed by atoms with van der Waals surface area (Å²) in [5, 5.41) is 9.07. The molecule has 1 aliphatic rings. The minimum absolute atomic E-state index is 0.107. The number of amides is 1. The molecule has 0 aromatic heterocycles. The Kier molecular flexibility index (Phi) is 6.28. The van der Waals surface area contributed by atoms with Crippen molar-refractivity contribution in [1.82, 2.24) is 5.32 Å². The quantitative estimate of drug-likeness (QED) is 0.641. The zero-order valence-corrected chi connectivity index (χ0v) is 16.6. The van der Waals surface area contributed by atoms with Gasteiger partial charge in [-0.1, -0.05) is 18.2 Å². The number of benzene rings is 2. The lowest BCUT2D eigenvalue weighted by molar-refractivity contribution is -0.166. The van der Waals surface area contributed by atoms with E-state index in [1.54, 1.807) is 0 Å². The summed E-state index contributed by atoms with van der Waals surface area (Å²) in [6.07, 6.45) is -4.03. The number of nitrogens with one attached hydrogen (secondary N) is 1. The molecule has 9 heteroatoms. The number of alkyl halides is 3. The fourth-order valence-corrected chi connectivity index (χ4v) is 2.97. The highest BCUT2D eigenvalue weighted by molar-refractivity contribution is 5.94. The summed E-state index contributed by atoms with van der Waals surface area (Å²) < 4.78 is 50.2. The van der Waals surface area contributed by atoms with Crippen LogP contribution in [0.15, 0.2) is 52.7 Å². The number of carbonyl (C=O) groups is 1. The first-order chi connectivity index (χ1) is 14.3. The first-order valence-electron chi connectivity index (χ1n) is 9.58. The smallest absolute Gasteiger partial charge is 0.442 e. The third-order valence-electron chi connectivity index (χ3n) is 4.55. The minimum Gasteiger partial charge on any atom is -0.490 e. The molecule has 0 spiro atoms. The molecule has 2 aromatic carbocycles. The van der Waals surface area contributed by atoms with Crippen molar-refractivity contribution in [3.63, 3.8) is 0 Å². The van der Waals surface area contributed by atoms with Crippen molar-refractivity contribution in [1.29, 1.82) is 0 Å². The summed E-state index contributed by atoms with van der Waals surface area (Å²) >= 11 is 0. The first kappa shape index (κ1) is 21.6. The van der Waals surface area contributed by atoms with Gasteiger partial charge in [0.25, 0.3) is 5.91 Å². The normalized spacial score (nSPS) is 14.3. The van der Waals surface area contributed by atoms with Gasteiger partial charge in [0.05, 0.1) is 13.2 Å². The Bertz CT molecular complexity index is 921. The van der Waals surface area contributed by atoms with E-state index in [1.165, 1.54) is 24.3 Å². The molecule has 0 aliphatic carbocycles. The molecule has 1 amide bonds. The van der Waals surface area contributed by atoms with Crippen LogP contribution in [0.4, 0.5) is 13.2 Å². The number of hydrogen-bond acceptors (Lipinski definition) is 5. The SMILES string of the molecule is CCOc1ccc(CCNC(=O)c2ccc(C3(C(F)(F)F)N=N3)cc2)cc1OCC. The molecule has 6 nitrogen and oxygen atoms in total. The van der Waals surface area contributed by atoms with Crippen LogP contribution < -0.4 is 14.8 Å². The van der Waals surface area contributed by atoms with E-state index in [2.05, 4.69) is 15.5 Å². The van der Waals surface area contributed by atoms with E-state index in [0.29, 0.717) is 37.7 Å². The van der Waals surface area contributed by atoms with Gasteiger partial charge < -0.3 is 14.8 Å². The Morgan fingerprint density at radius 1 is 1.00 bits per heavy atom. The highest BCUT2D eigenvalue weighted by atomic mass is 19.4. The van der Waals surface area contributed by atoms with Crippen LogP contribution in [0.3, 0.4) is 0 Å². The number of nitrogens with zero attached hydrogens (tertiary/aromatic N) is 2. The van der Waals surface area contributed by atoms with Gasteiger partial charge >= 0.3 is 11.8 Å². The average molecular weight is 421 g/mol. The van der Waals surface area contributed by atoms with Gasteiger partial charge in [0.15, 0.2) is 11.5 Å². The zero-order chi connectivity index (χ0) is 21.8. The highest BCUT2D eigenvalue weighted by Crippen LogP contribution is 2.52. The van der Waals surface area contributed by atoms with Crippen molar-refractivity contribution in [3.8, 4) is 11.5 Å². The predicted octanol–water partition coefficient (Wildman–Crippen LogP) is 4.64. The lowest BCUT2D eigenvalue weighted by atomic mass is 10.0. The molecule has 2 aromatic rings. The minimum atomic E-state index is -4.59. The van der Waals surface area contributed by atoms with Gasteiger partial charge in [0, 0.05) is 17.7 Å². The molecular formula is C21H22F3N3O3. The fourth-order valence-electron chi connectivity index (χ4n) is 2.97. The molecule has 1 N–H and O–H groups in total. The maximum absolute atomic E-state index is 13.0. The van der Waals surface area contributed by atoms with Crippen LogP contribution in [0.1, 0.15) is 35.3 Å². The number of rotatable bonds is 9. The molecule has 160 valence electrons. The second kappa shape index (κ2) is 8.73. The Hall–Kier alpha value is -3.10.